The summed E-state index contributed by atoms with van der Waals surface area (Å²) in [5.41, 5.74) is 0. The topological polar surface area (TPSA) is 65.5 Å². The minimum absolute atomic E-state index is 0.581. The minimum atomic E-state index is -0.916. The van der Waals surface area contributed by atoms with Crippen molar-refractivity contribution in [3.05, 3.63) is 22.8 Å². The predicted octanol–water partition coefficient (Wildman–Crippen LogP) is 2.96. The van der Waals surface area contributed by atoms with Gasteiger partial charge in [-0.3, -0.25) is 0 Å². The molecular formula is C15H20BrN3O2. The highest BCUT2D eigenvalue weighted by Crippen LogP contribution is 2.43. The quantitative estimate of drug-likeness (QED) is 0.873. The fraction of sp³-hybridized carbons (Fsp3) is 0.600. The summed E-state index contributed by atoms with van der Waals surface area (Å²) >= 11 is 3.42. The lowest BCUT2D eigenvalue weighted by molar-refractivity contribution is 0.193. The van der Waals surface area contributed by atoms with E-state index in [4.69, 9.17) is 5.11 Å². The van der Waals surface area contributed by atoms with E-state index in [1.165, 1.54) is 12.8 Å². The molecule has 1 saturated heterocycles. The third-order valence-electron chi connectivity index (χ3n) is 4.71. The first-order chi connectivity index (χ1) is 10.1. The molecule has 0 unspecified atom stereocenters. The zero-order valence-corrected chi connectivity index (χ0v) is 13.4. The molecule has 1 saturated carbocycles. The highest BCUT2D eigenvalue weighted by atomic mass is 79.9. The van der Waals surface area contributed by atoms with Gasteiger partial charge in [0.25, 0.3) is 0 Å². The molecule has 114 valence electrons. The number of rotatable bonds is 4. The minimum Gasteiger partial charge on any atom is -0.465 e. The van der Waals surface area contributed by atoms with E-state index in [2.05, 4.69) is 37.2 Å². The van der Waals surface area contributed by atoms with E-state index in [0.717, 1.165) is 41.6 Å². The number of pyridine rings is 1. The fourth-order valence-electron chi connectivity index (χ4n) is 3.79. The third-order valence-corrected chi connectivity index (χ3v) is 5.18. The maximum absolute atomic E-state index is 10.5. The van der Waals surface area contributed by atoms with E-state index in [-0.39, 0.29) is 0 Å². The first-order valence-electron chi connectivity index (χ1n) is 7.45. The zero-order valence-electron chi connectivity index (χ0n) is 11.8. The Morgan fingerprint density at radius 3 is 2.67 bits per heavy atom. The van der Waals surface area contributed by atoms with Crippen LogP contribution in [0.3, 0.4) is 0 Å². The number of anilines is 1. The van der Waals surface area contributed by atoms with Gasteiger partial charge in [0.05, 0.1) is 0 Å². The first-order valence-corrected chi connectivity index (χ1v) is 8.24. The second-order valence-corrected chi connectivity index (χ2v) is 7.03. The van der Waals surface area contributed by atoms with E-state index in [1.54, 1.807) is 0 Å². The average Bonchev–Trinajstić information content (AvgIpc) is 2.97. The van der Waals surface area contributed by atoms with Crippen molar-refractivity contribution in [2.75, 3.05) is 24.5 Å². The van der Waals surface area contributed by atoms with Crippen molar-refractivity contribution in [1.82, 2.24) is 10.3 Å². The molecule has 0 spiro atoms. The molecule has 0 radical (unpaired) electrons. The zero-order chi connectivity index (χ0) is 14.8. The van der Waals surface area contributed by atoms with Crippen LogP contribution in [-0.2, 0) is 0 Å². The summed E-state index contributed by atoms with van der Waals surface area (Å²) in [5, 5.41) is 11.1. The predicted molar refractivity (Wildman–Crippen MR) is 84.5 cm³/mol. The second-order valence-electron chi connectivity index (χ2n) is 6.12. The Morgan fingerprint density at radius 2 is 2.10 bits per heavy atom. The molecule has 0 aromatic carbocycles. The molecule has 1 aliphatic carbocycles. The summed E-state index contributed by atoms with van der Waals surface area (Å²) < 4.78 is 1.01. The van der Waals surface area contributed by atoms with Crippen molar-refractivity contribution < 1.29 is 9.90 Å². The Kier molecular flexibility index (Phi) is 4.33. The SMILES string of the molecule is O=C(O)NCC[C@@H]1C[C@@H]2CN(c3ccc(Br)cn3)C[C@@H]2C1. The van der Waals surface area contributed by atoms with Crippen molar-refractivity contribution in [2.45, 2.75) is 19.3 Å². The van der Waals surface area contributed by atoms with Crippen LogP contribution in [0.5, 0.6) is 0 Å². The molecule has 3 atom stereocenters. The number of amides is 1. The summed E-state index contributed by atoms with van der Waals surface area (Å²) in [6, 6.07) is 4.11. The monoisotopic (exact) mass is 353 g/mol. The van der Waals surface area contributed by atoms with Gasteiger partial charge in [-0.2, -0.15) is 0 Å². The van der Waals surface area contributed by atoms with Gasteiger partial charge in [-0.15, -0.1) is 0 Å². The molecule has 1 aliphatic heterocycles. The number of halogens is 1. The normalized spacial score (nSPS) is 27.7. The second kappa shape index (κ2) is 6.22. The van der Waals surface area contributed by atoms with E-state index < -0.39 is 6.09 Å². The summed E-state index contributed by atoms with van der Waals surface area (Å²) in [6.07, 6.45) is 4.35. The van der Waals surface area contributed by atoms with E-state index >= 15 is 0 Å². The number of carbonyl (C=O) groups is 1. The molecule has 6 heteroatoms. The summed E-state index contributed by atoms with van der Waals surface area (Å²) in [4.78, 5) is 17.3. The lowest BCUT2D eigenvalue weighted by atomic mass is 10.0. The maximum atomic E-state index is 10.5. The van der Waals surface area contributed by atoms with Gasteiger partial charge in [-0.1, -0.05) is 0 Å². The number of nitrogens with zero attached hydrogens (tertiary/aromatic N) is 2. The van der Waals surface area contributed by atoms with Crippen molar-refractivity contribution >= 4 is 27.8 Å². The van der Waals surface area contributed by atoms with Gasteiger partial charge in [-0.05, 0) is 65.1 Å². The van der Waals surface area contributed by atoms with Gasteiger partial charge in [0.2, 0.25) is 0 Å². The molecular weight excluding hydrogens is 334 g/mol. The van der Waals surface area contributed by atoms with Crippen molar-refractivity contribution in [2.24, 2.45) is 17.8 Å². The molecule has 2 fully saturated rings. The van der Waals surface area contributed by atoms with Crippen LogP contribution in [0.15, 0.2) is 22.8 Å². The lowest BCUT2D eigenvalue weighted by Crippen LogP contribution is -2.25. The molecule has 5 nitrogen and oxygen atoms in total. The fourth-order valence-corrected chi connectivity index (χ4v) is 4.02. The Hall–Kier alpha value is -1.30. The molecule has 21 heavy (non-hydrogen) atoms. The first kappa shape index (κ1) is 14.6. The average molecular weight is 354 g/mol. The number of nitrogens with one attached hydrogen (secondary N) is 1. The molecule has 0 bridgehead atoms. The summed E-state index contributed by atoms with van der Waals surface area (Å²) in [6.45, 7) is 2.75. The summed E-state index contributed by atoms with van der Waals surface area (Å²) in [7, 11) is 0. The van der Waals surface area contributed by atoms with Crippen LogP contribution in [0.2, 0.25) is 0 Å². The van der Waals surface area contributed by atoms with Gasteiger partial charge in [-0.25, -0.2) is 9.78 Å². The van der Waals surface area contributed by atoms with Crippen LogP contribution in [0.1, 0.15) is 19.3 Å². The van der Waals surface area contributed by atoms with Gasteiger partial charge >= 0.3 is 6.09 Å². The van der Waals surface area contributed by atoms with Gasteiger partial charge < -0.3 is 15.3 Å². The Labute approximate surface area is 132 Å². The third kappa shape index (κ3) is 3.48. The molecule has 1 amide bonds. The van der Waals surface area contributed by atoms with Crippen molar-refractivity contribution in [1.29, 1.82) is 0 Å². The number of fused-ring (bicyclic) bond motifs is 1. The van der Waals surface area contributed by atoms with Crippen LogP contribution in [0, 0.1) is 17.8 Å². The van der Waals surface area contributed by atoms with Crippen LogP contribution in [0.25, 0.3) is 0 Å². The Balaban J connectivity index is 1.49. The molecule has 3 rings (SSSR count). The number of carboxylic acid groups (broad SMARTS) is 1. The van der Waals surface area contributed by atoms with E-state index in [1.807, 2.05) is 12.3 Å². The molecule has 2 N–H and O–H groups in total. The highest BCUT2D eigenvalue weighted by Gasteiger charge is 2.40. The van der Waals surface area contributed by atoms with Gasteiger partial charge in [0.15, 0.2) is 0 Å². The molecule has 1 aromatic heterocycles. The van der Waals surface area contributed by atoms with Crippen molar-refractivity contribution in [3.63, 3.8) is 0 Å². The molecule has 2 heterocycles. The lowest BCUT2D eigenvalue weighted by Gasteiger charge is -2.20. The maximum Gasteiger partial charge on any atom is 0.404 e. The van der Waals surface area contributed by atoms with Gasteiger partial charge in [0.1, 0.15) is 5.82 Å². The highest BCUT2D eigenvalue weighted by molar-refractivity contribution is 9.10. The van der Waals surface area contributed by atoms with Crippen molar-refractivity contribution in [3.8, 4) is 0 Å². The summed E-state index contributed by atoms with van der Waals surface area (Å²) in [5.74, 6) is 3.22. The molecule has 1 aromatic rings. The number of hydrogen-bond donors (Lipinski definition) is 2. The van der Waals surface area contributed by atoms with Crippen LogP contribution >= 0.6 is 15.9 Å². The van der Waals surface area contributed by atoms with E-state index in [9.17, 15) is 4.79 Å². The smallest absolute Gasteiger partial charge is 0.404 e. The Bertz CT molecular complexity index is 494. The van der Waals surface area contributed by atoms with Crippen LogP contribution in [0.4, 0.5) is 10.6 Å². The molecule has 2 aliphatic rings. The largest absolute Gasteiger partial charge is 0.465 e. The van der Waals surface area contributed by atoms with E-state index in [0.29, 0.717) is 12.5 Å². The Morgan fingerprint density at radius 1 is 1.38 bits per heavy atom. The number of hydrogen-bond acceptors (Lipinski definition) is 3. The van der Waals surface area contributed by atoms with Crippen LogP contribution < -0.4 is 10.2 Å². The standard InChI is InChI=1S/C15H20BrN3O2/c16-13-1-2-14(18-7-13)19-8-11-5-10(6-12(11)9-19)3-4-17-15(20)21/h1-2,7,10-12,17H,3-6,8-9H2,(H,20,21)/t10-,11-,12+. The number of aromatic nitrogens is 1. The van der Waals surface area contributed by atoms with Crippen LogP contribution in [-0.4, -0.2) is 35.8 Å². The van der Waals surface area contributed by atoms with Gasteiger partial charge in [0, 0.05) is 30.3 Å².